The molecule has 1 unspecified atom stereocenters. The summed E-state index contributed by atoms with van der Waals surface area (Å²) >= 11 is 0. The highest BCUT2D eigenvalue weighted by atomic mass is 16.5. The normalized spacial score (nSPS) is 19.5. The maximum Gasteiger partial charge on any atom is 0.0593 e. The number of hydrogen-bond acceptors (Lipinski definition) is 3. The molecule has 100 valence electrons. The lowest BCUT2D eigenvalue weighted by molar-refractivity contribution is 0.132. The van der Waals surface area contributed by atoms with Crippen LogP contribution in [0.5, 0.6) is 0 Å². The second kappa shape index (κ2) is 6.32. The minimum Gasteiger partial charge on any atom is -0.380 e. The van der Waals surface area contributed by atoms with Crippen LogP contribution in [-0.2, 0) is 4.74 Å². The van der Waals surface area contributed by atoms with Gasteiger partial charge < -0.3 is 10.5 Å². The van der Waals surface area contributed by atoms with Crippen molar-refractivity contribution in [2.24, 2.45) is 5.73 Å². The highest BCUT2D eigenvalue weighted by molar-refractivity contribution is 5.32. The van der Waals surface area contributed by atoms with E-state index in [-0.39, 0.29) is 0 Å². The van der Waals surface area contributed by atoms with E-state index in [1.807, 2.05) is 0 Å². The van der Waals surface area contributed by atoms with Gasteiger partial charge in [-0.15, -0.1) is 0 Å². The van der Waals surface area contributed by atoms with E-state index in [1.54, 1.807) is 0 Å². The molecule has 2 N–H and O–H groups in total. The maximum atomic E-state index is 5.99. The van der Waals surface area contributed by atoms with Gasteiger partial charge in [0, 0.05) is 32.3 Å². The van der Waals surface area contributed by atoms with Crippen molar-refractivity contribution < 1.29 is 4.74 Å². The summed E-state index contributed by atoms with van der Waals surface area (Å²) in [6.45, 7) is 8.74. The molecule has 0 bridgehead atoms. The monoisotopic (exact) mass is 248 g/mol. The Balaban J connectivity index is 2.17. The van der Waals surface area contributed by atoms with Gasteiger partial charge in [-0.1, -0.05) is 18.2 Å². The van der Waals surface area contributed by atoms with Gasteiger partial charge in [-0.05, 0) is 37.0 Å². The largest absolute Gasteiger partial charge is 0.380 e. The number of aryl methyl sites for hydroxylation is 2. The van der Waals surface area contributed by atoms with E-state index in [1.165, 1.54) is 16.7 Å². The molecule has 18 heavy (non-hydrogen) atoms. The fourth-order valence-corrected chi connectivity index (χ4v) is 2.54. The van der Waals surface area contributed by atoms with Crippen LogP contribution >= 0.6 is 0 Å². The van der Waals surface area contributed by atoms with Gasteiger partial charge in [-0.25, -0.2) is 0 Å². The zero-order chi connectivity index (χ0) is 13.0. The Bertz CT molecular complexity index is 384. The minimum absolute atomic E-state index is 0.325. The Morgan fingerprint density at radius 1 is 1.22 bits per heavy atom. The van der Waals surface area contributed by atoms with Crippen molar-refractivity contribution in [3.05, 3.63) is 34.9 Å². The van der Waals surface area contributed by atoms with Gasteiger partial charge in [-0.3, -0.25) is 4.90 Å². The third-order valence-corrected chi connectivity index (χ3v) is 3.84. The summed E-state index contributed by atoms with van der Waals surface area (Å²) < 4.78 is 5.52. The fraction of sp³-hybridized carbons (Fsp3) is 0.600. The van der Waals surface area contributed by atoms with E-state index in [0.29, 0.717) is 12.6 Å². The van der Waals surface area contributed by atoms with Gasteiger partial charge in [0.2, 0.25) is 0 Å². The predicted molar refractivity (Wildman–Crippen MR) is 74.7 cm³/mol. The molecule has 1 aliphatic heterocycles. The van der Waals surface area contributed by atoms with Gasteiger partial charge in [0.15, 0.2) is 0 Å². The molecule has 1 heterocycles. The summed E-state index contributed by atoms with van der Waals surface area (Å²) in [6.07, 6.45) is 1.10. The smallest absolute Gasteiger partial charge is 0.0593 e. The lowest BCUT2D eigenvalue weighted by Crippen LogP contribution is -2.35. The first-order valence-corrected chi connectivity index (χ1v) is 6.81. The van der Waals surface area contributed by atoms with Crippen LogP contribution in [-0.4, -0.2) is 37.7 Å². The van der Waals surface area contributed by atoms with E-state index in [9.17, 15) is 0 Å². The predicted octanol–water partition coefficient (Wildman–Crippen LogP) is 2.03. The minimum atomic E-state index is 0.325. The fourth-order valence-electron chi connectivity index (χ4n) is 2.54. The first-order chi connectivity index (χ1) is 8.72. The van der Waals surface area contributed by atoms with Gasteiger partial charge in [0.25, 0.3) is 0 Å². The Kier molecular flexibility index (Phi) is 4.75. The summed E-state index contributed by atoms with van der Waals surface area (Å²) in [5, 5.41) is 0. The lowest BCUT2D eigenvalue weighted by atomic mass is 10.00. The number of hydrogen-bond donors (Lipinski definition) is 1. The van der Waals surface area contributed by atoms with Crippen molar-refractivity contribution in [3.8, 4) is 0 Å². The molecular formula is C15H24N2O. The second-order valence-corrected chi connectivity index (χ2v) is 5.10. The molecule has 3 heteroatoms. The molecule has 0 aromatic heterocycles. The molecule has 1 aromatic carbocycles. The average Bonchev–Trinajstić information content (AvgIpc) is 2.64. The average molecular weight is 248 g/mol. The van der Waals surface area contributed by atoms with E-state index in [4.69, 9.17) is 10.5 Å². The van der Waals surface area contributed by atoms with Gasteiger partial charge in [-0.2, -0.15) is 0 Å². The number of rotatable bonds is 3. The van der Waals surface area contributed by atoms with Crippen LogP contribution in [0, 0.1) is 13.8 Å². The summed E-state index contributed by atoms with van der Waals surface area (Å²) in [5.41, 5.74) is 10.0. The third-order valence-electron chi connectivity index (χ3n) is 3.84. The van der Waals surface area contributed by atoms with Crippen molar-refractivity contribution in [2.75, 3.05) is 32.8 Å². The molecule has 1 saturated heterocycles. The third kappa shape index (κ3) is 3.10. The van der Waals surface area contributed by atoms with Crippen LogP contribution in [0.25, 0.3) is 0 Å². The molecule has 0 aliphatic carbocycles. The van der Waals surface area contributed by atoms with Crippen LogP contribution in [0.15, 0.2) is 18.2 Å². The number of nitrogens with two attached hydrogens (primary N) is 1. The second-order valence-electron chi connectivity index (χ2n) is 5.10. The first kappa shape index (κ1) is 13.5. The van der Waals surface area contributed by atoms with Crippen molar-refractivity contribution >= 4 is 0 Å². The zero-order valence-electron chi connectivity index (χ0n) is 11.5. The molecule has 3 nitrogen and oxygen atoms in total. The number of benzene rings is 1. The number of ether oxygens (including phenoxy) is 1. The molecule has 2 rings (SSSR count). The Morgan fingerprint density at radius 3 is 2.78 bits per heavy atom. The van der Waals surface area contributed by atoms with Crippen LogP contribution in [0.4, 0.5) is 0 Å². The Labute approximate surface area is 110 Å². The van der Waals surface area contributed by atoms with Crippen molar-refractivity contribution in [1.29, 1.82) is 0 Å². The van der Waals surface area contributed by atoms with E-state index >= 15 is 0 Å². The van der Waals surface area contributed by atoms with Gasteiger partial charge >= 0.3 is 0 Å². The van der Waals surface area contributed by atoms with E-state index in [0.717, 1.165) is 32.7 Å². The van der Waals surface area contributed by atoms with Crippen LogP contribution < -0.4 is 5.73 Å². The SMILES string of the molecule is Cc1ccc(C(CN)N2CCCOCC2)cc1C. The maximum absolute atomic E-state index is 5.99. The van der Waals surface area contributed by atoms with E-state index < -0.39 is 0 Å². The zero-order valence-corrected chi connectivity index (χ0v) is 11.5. The molecule has 1 aromatic rings. The highest BCUT2D eigenvalue weighted by Crippen LogP contribution is 2.23. The topological polar surface area (TPSA) is 38.5 Å². The van der Waals surface area contributed by atoms with Crippen LogP contribution in [0.2, 0.25) is 0 Å². The number of nitrogens with zero attached hydrogens (tertiary/aromatic N) is 1. The highest BCUT2D eigenvalue weighted by Gasteiger charge is 2.20. The molecule has 1 aliphatic rings. The van der Waals surface area contributed by atoms with Crippen molar-refractivity contribution in [3.63, 3.8) is 0 Å². The molecule has 0 amide bonds. The lowest BCUT2D eigenvalue weighted by Gasteiger charge is -2.30. The Hall–Kier alpha value is -0.900. The quantitative estimate of drug-likeness (QED) is 0.889. The van der Waals surface area contributed by atoms with Gasteiger partial charge in [0.05, 0.1) is 6.61 Å². The van der Waals surface area contributed by atoms with Crippen LogP contribution in [0.1, 0.15) is 29.2 Å². The summed E-state index contributed by atoms with van der Waals surface area (Å²) in [5.74, 6) is 0. The van der Waals surface area contributed by atoms with Crippen LogP contribution in [0.3, 0.4) is 0 Å². The first-order valence-electron chi connectivity index (χ1n) is 6.81. The summed E-state index contributed by atoms with van der Waals surface area (Å²) in [6, 6.07) is 7.01. The Morgan fingerprint density at radius 2 is 2.06 bits per heavy atom. The van der Waals surface area contributed by atoms with Crippen molar-refractivity contribution in [2.45, 2.75) is 26.3 Å². The van der Waals surface area contributed by atoms with Crippen molar-refractivity contribution in [1.82, 2.24) is 4.90 Å². The summed E-state index contributed by atoms with van der Waals surface area (Å²) in [4.78, 5) is 2.46. The standard InChI is InChI=1S/C15H24N2O/c1-12-4-5-14(10-13(12)2)15(11-16)17-6-3-8-18-9-7-17/h4-5,10,15H,3,6-9,11,16H2,1-2H3. The van der Waals surface area contributed by atoms with Gasteiger partial charge in [0.1, 0.15) is 0 Å². The van der Waals surface area contributed by atoms with E-state index in [2.05, 4.69) is 36.9 Å². The molecule has 0 radical (unpaired) electrons. The molecule has 1 fully saturated rings. The molecule has 1 atom stereocenters. The molecule has 0 saturated carbocycles. The molecule has 0 spiro atoms. The molecular weight excluding hydrogens is 224 g/mol. The summed E-state index contributed by atoms with van der Waals surface area (Å²) in [7, 11) is 0.